The maximum Gasteiger partial charge on any atom is 0.328 e. The van der Waals surface area contributed by atoms with Gasteiger partial charge in [0.1, 0.15) is 0 Å². The third-order valence-corrected chi connectivity index (χ3v) is 4.30. The second-order valence-electron chi connectivity index (χ2n) is 5.56. The van der Waals surface area contributed by atoms with Crippen LogP contribution in [0.5, 0.6) is 0 Å². The lowest BCUT2D eigenvalue weighted by atomic mass is 9.88. The Morgan fingerprint density at radius 1 is 1.40 bits per heavy atom. The number of hydrogen-bond donors (Lipinski definition) is 1. The first-order valence-corrected chi connectivity index (χ1v) is 7.30. The van der Waals surface area contributed by atoms with Crippen LogP contribution < -0.4 is 4.90 Å². The molecule has 1 aliphatic heterocycles. The van der Waals surface area contributed by atoms with E-state index in [2.05, 4.69) is 18.7 Å². The second kappa shape index (κ2) is 6.31. The topological polar surface area (TPSA) is 40.5 Å². The molecule has 0 saturated carbocycles. The number of hydrogen-bond acceptors (Lipinski definition) is 2. The highest BCUT2D eigenvalue weighted by Gasteiger charge is 2.23. The van der Waals surface area contributed by atoms with Crippen molar-refractivity contribution in [2.45, 2.75) is 20.3 Å². The van der Waals surface area contributed by atoms with E-state index in [1.807, 2.05) is 18.2 Å². The van der Waals surface area contributed by atoms with Gasteiger partial charge in [-0.2, -0.15) is 0 Å². The highest BCUT2D eigenvalue weighted by atomic mass is 35.5. The van der Waals surface area contributed by atoms with Crippen molar-refractivity contribution in [1.82, 2.24) is 0 Å². The van der Waals surface area contributed by atoms with E-state index in [0.717, 1.165) is 42.8 Å². The van der Waals surface area contributed by atoms with Crippen LogP contribution in [0.3, 0.4) is 0 Å². The summed E-state index contributed by atoms with van der Waals surface area (Å²) in [5.41, 5.74) is 1.92. The molecule has 2 rings (SSSR count). The van der Waals surface area contributed by atoms with Gasteiger partial charge in [-0.15, -0.1) is 0 Å². The average Bonchev–Trinajstić information content (AvgIpc) is 2.40. The molecule has 1 saturated heterocycles. The standard InChI is InChI=1S/C16H20ClNO2/c1-11-7-8-18(10-12(11)2)15-5-4-14(17)9-13(15)3-6-16(19)20/h3-6,9,11-12H,7-8,10H2,1-2H3,(H,19,20)/b6-3+. The van der Waals surface area contributed by atoms with Gasteiger partial charge in [0.15, 0.2) is 0 Å². The van der Waals surface area contributed by atoms with Crippen LogP contribution in [0.4, 0.5) is 5.69 Å². The monoisotopic (exact) mass is 293 g/mol. The van der Waals surface area contributed by atoms with Crippen molar-refractivity contribution in [1.29, 1.82) is 0 Å². The van der Waals surface area contributed by atoms with Gasteiger partial charge in [0.2, 0.25) is 0 Å². The van der Waals surface area contributed by atoms with Crippen molar-refractivity contribution >= 4 is 29.3 Å². The zero-order valence-corrected chi connectivity index (χ0v) is 12.6. The predicted molar refractivity (Wildman–Crippen MR) is 83.3 cm³/mol. The van der Waals surface area contributed by atoms with E-state index < -0.39 is 5.97 Å². The van der Waals surface area contributed by atoms with Gasteiger partial charge in [0.25, 0.3) is 0 Å². The number of anilines is 1. The number of nitrogens with zero attached hydrogens (tertiary/aromatic N) is 1. The lowest BCUT2D eigenvalue weighted by molar-refractivity contribution is -0.131. The maximum absolute atomic E-state index is 10.7. The van der Waals surface area contributed by atoms with E-state index in [4.69, 9.17) is 16.7 Å². The Labute approximate surface area is 124 Å². The Morgan fingerprint density at radius 2 is 2.15 bits per heavy atom. The lowest BCUT2D eigenvalue weighted by Gasteiger charge is -2.37. The van der Waals surface area contributed by atoms with Crippen LogP contribution in [0.25, 0.3) is 6.08 Å². The number of carboxylic acids is 1. The summed E-state index contributed by atoms with van der Waals surface area (Å²) in [5, 5.41) is 9.41. The molecule has 1 N–H and O–H groups in total. The molecule has 0 radical (unpaired) electrons. The van der Waals surface area contributed by atoms with Crippen LogP contribution in [-0.4, -0.2) is 24.2 Å². The van der Waals surface area contributed by atoms with Crippen molar-refractivity contribution in [3.8, 4) is 0 Å². The number of carboxylic acid groups (broad SMARTS) is 1. The van der Waals surface area contributed by atoms with Crippen LogP contribution in [-0.2, 0) is 4.79 Å². The minimum Gasteiger partial charge on any atom is -0.478 e. The zero-order valence-electron chi connectivity index (χ0n) is 11.8. The fourth-order valence-electron chi connectivity index (χ4n) is 2.59. The Hall–Kier alpha value is -1.48. The Morgan fingerprint density at radius 3 is 2.80 bits per heavy atom. The molecule has 1 aromatic carbocycles. The number of carbonyl (C=O) groups is 1. The summed E-state index contributed by atoms with van der Waals surface area (Å²) in [7, 11) is 0. The number of aliphatic carboxylic acids is 1. The molecule has 0 aliphatic carbocycles. The summed E-state index contributed by atoms with van der Waals surface area (Å²) in [6.07, 6.45) is 3.93. The molecule has 0 bridgehead atoms. The van der Waals surface area contributed by atoms with Crippen LogP contribution in [0.1, 0.15) is 25.8 Å². The van der Waals surface area contributed by atoms with Gasteiger partial charge in [-0.25, -0.2) is 4.79 Å². The van der Waals surface area contributed by atoms with Crippen molar-refractivity contribution < 1.29 is 9.90 Å². The van der Waals surface area contributed by atoms with Crippen LogP contribution in [0.2, 0.25) is 5.02 Å². The first-order valence-electron chi connectivity index (χ1n) is 6.93. The highest BCUT2D eigenvalue weighted by Crippen LogP contribution is 2.31. The summed E-state index contributed by atoms with van der Waals surface area (Å²) in [4.78, 5) is 13.0. The van der Waals surface area contributed by atoms with E-state index in [9.17, 15) is 4.79 Å². The molecule has 3 nitrogen and oxygen atoms in total. The third-order valence-electron chi connectivity index (χ3n) is 4.07. The number of piperidine rings is 1. The van der Waals surface area contributed by atoms with Gasteiger partial charge >= 0.3 is 5.97 Å². The largest absolute Gasteiger partial charge is 0.478 e. The number of rotatable bonds is 3. The molecule has 4 heteroatoms. The van der Waals surface area contributed by atoms with E-state index >= 15 is 0 Å². The molecule has 1 aliphatic rings. The van der Waals surface area contributed by atoms with Gasteiger partial charge in [-0.3, -0.25) is 0 Å². The quantitative estimate of drug-likeness (QED) is 0.859. The van der Waals surface area contributed by atoms with Crippen molar-refractivity contribution in [3.63, 3.8) is 0 Å². The molecule has 1 aromatic rings. The first kappa shape index (κ1) is 14.9. The summed E-state index contributed by atoms with van der Waals surface area (Å²) in [6, 6.07) is 5.66. The van der Waals surface area contributed by atoms with Crippen molar-refractivity contribution in [3.05, 3.63) is 34.9 Å². The highest BCUT2D eigenvalue weighted by molar-refractivity contribution is 6.30. The lowest BCUT2D eigenvalue weighted by Crippen LogP contribution is -2.38. The predicted octanol–water partition coefficient (Wildman–Crippen LogP) is 3.92. The summed E-state index contributed by atoms with van der Waals surface area (Å²) < 4.78 is 0. The van der Waals surface area contributed by atoms with E-state index in [1.165, 1.54) is 0 Å². The first-order chi connectivity index (χ1) is 9.47. The summed E-state index contributed by atoms with van der Waals surface area (Å²) in [6.45, 7) is 6.55. The molecule has 108 valence electrons. The number of halogens is 1. The number of benzene rings is 1. The molecule has 1 fully saturated rings. The van der Waals surface area contributed by atoms with Gasteiger partial charge in [0.05, 0.1) is 0 Å². The van der Waals surface area contributed by atoms with Crippen molar-refractivity contribution in [2.75, 3.05) is 18.0 Å². The maximum atomic E-state index is 10.7. The fourth-order valence-corrected chi connectivity index (χ4v) is 2.77. The molecule has 0 spiro atoms. The average molecular weight is 294 g/mol. The minimum atomic E-state index is -0.948. The molecule has 0 aromatic heterocycles. The van der Waals surface area contributed by atoms with Gasteiger partial charge < -0.3 is 10.0 Å². The van der Waals surface area contributed by atoms with Crippen LogP contribution in [0.15, 0.2) is 24.3 Å². The third kappa shape index (κ3) is 3.54. The fraction of sp³-hybridized carbons (Fsp3) is 0.438. The Bertz CT molecular complexity index is 527. The molecule has 2 atom stereocenters. The Balaban J connectivity index is 2.29. The minimum absolute atomic E-state index is 0.622. The van der Waals surface area contributed by atoms with E-state index in [1.54, 1.807) is 6.08 Å². The zero-order chi connectivity index (χ0) is 14.7. The van der Waals surface area contributed by atoms with Crippen LogP contribution in [0, 0.1) is 11.8 Å². The molecule has 20 heavy (non-hydrogen) atoms. The van der Waals surface area contributed by atoms with E-state index in [-0.39, 0.29) is 0 Å². The SMILES string of the molecule is CC1CCN(c2ccc(Cl)cc2/C=C/C(=O)O)CC1C. The smallest absolute Gasteiger partial charge is 0.328 e. The second-order valence-corrected chi connectivity index (χ2v) is 6.00. The van der Waals surface area contributed by atoms with Crippen molar-refractivity contribution in [2.24, 2.45) is 11.8 Å². The molecule has 1 heterocycles. The Kier molecular flexibility index (Phi) is 4.71. The van der Waals surface area contributed by atoms with Gasteiger partial charge in [-0.05, 0) is 48.1 Å². The van der Waals surface area contributed by atoms with Crippen LogP contribution >= 0.6 is 11.6 Å². The van der Waals surface area contributed by atoms with Gasteiger partial charge in [0, 0.05) is 29.9 Å². The van der Waals surface area contributed by atoms with Gasteiger partial charge in [-0.1, -0.05) is 25.4 Å². The summed E-state index contributed by atoms with van der Waals surface area (Å²) in [5.74, 6) is 0.420. The summed E-state index contributed by atoms with van der Waals surface area (Å²) >= 11 is 6.02. The van der Waals surface area contributed by atoms with E-state index in [0.29, 0.717) is 10.9 Å². The molecule has 2 unspecified atom stereocenters. The molecular weight excluding hydrogens is 274 g/mol. The molecular formula is C16H20ClNO2. The normalized spacial score (nSPS) is 23.2. The molecule has 0 amide bonds.